The first-order valence-electron chi connectivity index (χ1n) is 8.88. The molecule has 0 bridgehead atoms. The Morgan fingerprint density at radius 1 is 1.07 bits per heavy atom. The number of Topliss-reactive ketones (excluding diaryl/α,β-unsaturated/α-hetero) is 1. The summed E-state index contributed by atoms with van der Waals surface area (Å²) in [6.45, 7) is 0.631. The Bertz CT molecular complexity index is 1100. The molecule has 0 aliphatic heterocycles. The smallest absolute Gasteiger partial charge is 0.337 e. The maximum Gasteiger partial charge on any atom is 0.337 e. The third-order valence-corrected chi connectivity index (χ3v) is 5.26. The summed E-state index contributed by atoms with van der Waals surface area (Å²) in [6, 6.07) is 13.6. The van der Waals surface area contributed by atoms with Crippen LogP contribution >= 0.6 is 11.8 Å². The van der Waals surface area contributed by atoms with Crippen LogP contribution in [0.1, 0.15) is 20.7 Å². The Labute approximate surface area is 171 Å². The van der Waals surface area contributed by atoms with Gasteiger partial charge in [-0.3, -0.25) is 14.2 Å². The van der Waals surface area contributed by atoms with Crippen LogP contribution in [0.5, 0.6) is 0 Å². The van der Waals surface area contributed by atoms with Crippen LogP contribution in [-0.2, 0) is 16.0 Å². The molecule has 0 fully saturated rings. The number of hydrogen-bond acceptors (Lipinski definition) is 7. The van der Waals surface area contributed by atoms with Gasteiger partial charge in [0.2, 0.25) is 0 Å². The summed E-state index contributed by atoms with van der Waals surface area (Å²) in [5.41, 5.74) is 1.02. The average Bonchev–Trinajstić information content (AvgIpc) is 2.76. The van der Waals surface area contributed by atoms with E-state index in [-0.39, 0.29) is 17.1 Å². The molecule has 150 valence electrons. The number of nitrogens with zero attached hydrogens (tertiary/aromatic N) is 2. The zero-order valence-corrected chi connectivity index (χ0v) is 16.9. The zero-order valence-electron chi connectivity index (χ0n) is 16.1. The predicted octanol–water partition coefficient (Wildman–Crippen LogP) is 2.80. The largest absolute Gasteiger partial charge is 0.465 e. The van der Waals surface area contributed by atoms with E-state index in [9.17, 15) is 14.4 Å². The number of methoxy groups -OCH3 is 2. The van der Waals surface area contributed by atoms with E-state index in [4.69, 9.17) is 9.47 Å². The Morgan fingerprint density at radius 2 is 1.83 bits per heavy atom. The number of carbonyl (C=O) groups excluding carboxylic acids is 2. The number of esters is 1. The number of hydrogen-bond donors (Lipinski definition) is 0. The van der Waals surface area contributed by atoms with Gasteiger partial charge in [-0.1, -0.05) is 42.1 Å². The maximum atomic E-state index is 13.0. The molecular formula is C21H20N2O5S. The molecule has 0 radical (unpaired) electrons. The van der Waals surface area contributed by atoms with Crippen molar-refractivity contribution in [2.24, 2.45) is 0 Å². The van der Waals surface area contributed by atoms with Crippen molar-refractivity contribution in [1.82, 2.24) is 9.55 Å². The van der Waals surface area contributed by atoms with Crippen molar-refractivity contribution >= 4 is 34.4 Å². The predicted molar refractivity (Wildman–Crippen MR) is 111 cm³/mol. The molecule has 0 spiro atoms. The summed E-state index contributed by atoms with van der Waals surface area (Å²) in [7, 11) is 2.84. The van der Waals surface area contributed by atoms with Crippen LogP contribution in [0, 0.1) is 0 Å². The lowest BCUT2D eigenvalue weighted by Crippen LogP contribution is -2.25. The van der Waals surface area contributed by atoms with Gasteiger partial charge in [0.05, 0.1) is 42.5 Å². The topological polar surface area (TPSA) is 87.5 Å². The number of rotatable bonds is 8. The molecule has 8 heteroatoms. The quantitative estimate of drug-likeness (QED) is 0.243. The third-order valence-electron chi connectivity index (χ3n) is 4.29. The van der Waals surface area contributed by atoms with Crippen molar-refractivity contribution in [2.75, 3.05) is 26.6 Å². The maximum absolute atomic E-state index is 13.0. The summed E-state index contributed by atoms with van der Waals surface area (Å²) in [5.74, 6) is -0.441. The third kappa shape index (κ3) is 4.72. The zero-order chi connectivity index (χ0) is 20.8. The van der Waals surface area contributed by atoms with E-state index in [2.05, 4.69) is 4.98 Å². The summed E-state index contributed by atoms with van der Waals surface area (Å²) < 4.78 is 11.3. The average molecular weight is 412 g/mol. The highest BCUT2D eigenvalue weighted by atomic mass is 32.2. The van der Waals surface area contributed by atoms with Crippen molar-refractivity contribution < 1.29 is 19.1 Å². The Kier molecular flexibility index (Phi) is 6.79. The number of benzene rings is 2. The molecule has 0 amide bonds. The molecular weight excluding hydrogens is 392 g/mol. The lowest BCUT2D eigenvalue weighted by molar-refractivity contribution is 0.0600. The first kappa shape index (κ1) is 20.8. The molecule has 0 aliphatic carbocycles. The molecule has 1 heterocycles. The lowest BCUT2D eigenvalue weighted by atomic mass is 10.1. The van der Waals surface area contributed by atoms with E-state index in [1.54, 1.807) is 37.4 Å². The minimum absolute atomic E-state index is 0.0634. The van der Waals surface area contributed by atoms with E-state index in [1.807, 2.05) is 6.07 Å². The second kappa shape index (κ2) is 9.49. The van der Waals surface area contributed by atoms with E-state index >= 15 is 0 Å². The van der Waals surface area contributed by atoms with Crippen LogP contribution in [0.25, 0.3) is 10.9 Å². The first-order chi connectivity index (χ1) is 14.0. The molecule has 2 aromatic carbocycles. The van der Waals surface area contributed by atoms with Gasteiger partial charge >= 0.3 is 5.97 Å². The van der Waals surface area contributed by atoms with Crippen LogP contribution in [0.3, 0.4) is 0 Å². The SMILES string of the molecule is COCCn1c(SCC(=O)c2ccccc2)nc2cc(C(=O)OC)ccc2c1=O. The van der Waals surface area contributed by atoms with Crippen LogP contribution < -0.4 is 5.56 Å². The molecule has 1 aromatic heterocycles. The first-order valence-corrected chi connectivity index (χ1v) is 9.86. The number of thioether (sulfide) groups is 1. The fraction of sp³-hybridized carbons (Fsp3) is 0.238. The fourth-order valence-corrected chi connectivity index (χ4v) is 3.69. The Balaban J connectivity index is 1.98. The standard InChI is InChI=1S/C21H20N2O5S/c1-27-11-10-23-19(25)16-9-8-15(20(26)28-2)12-17(16)22-21(23)29-13-18(24)14-6-4-3-5-7-14/h3-9,12H,10-11,13H2,1-2H3. The fourth-order valence-electron chi connectivity index (χ4n) is 2.77. The van der Waals surface area contributed by atoms with Gasteiger partial charge in [0.1, 0.15) is 0 Å². The molecule has 0 atom stereocenters. The van der Waals surface area contributed by atoms with E-state index < -0.39 is 5.97 Å². The minimum Gasteiger partial charge on any atom is -0.465 e. The highest BCUT2D eigenvalue weighted by Gasteiger charge is 2.16. The summed E-state index contributed by atoms with van der Waals surface area (Å²) in [5, 5.41) is 0.776. The van der Waals surface area contributed by atoms with Gasteiger partial charge in [0.25, 0.3) is 5.56 Å². The molecule has 0 saturated carbocycles. The molecule has 0 saturated heterocycles. The Hall–Kier alpha value is -2.97. The summed E-state index contributed by atoms with van der Waals surface area (Å²) in [6.07, 6.45) is 0. The van der Waals surface area contributed by atoms with Crippen molar-refractivity contribution in [1.29, 1.82) is 0 Å². The van der Waals surface area contributed by atoms with Crippen molar-refractivity contribution in [2.45, 2.75) is 11.7 Å². The molecule has 3 aromatic rings. The number of ether oxygens (including phenoxy) is 2. The minimum atomic E-state index is -0.509. The van der Waals surface area contributed by atoms with E-state index in [0.29, 0.717) is 40.3 Å². The second-order valence-electron chi connectivity index (χ2n) is 6.15. The number of carbonyl (C=O) groups is 2. The molecule has 0 aliphatic rings. The summed E-state index contributed by atoms with van der Waals surface area (Å²) in [4.78, 5) is 41.8. The van der Waals surface area contributed by atoms with Gasteiger partial charge in [0.15, 0.2) is 10.9 Å². The van der Waals surface area contributed by atoms with Crippen LogP contribution in [0.4, 0.5) is 0 Å². The number of ketones is 1. The molecule has 29 heavy (non-hydrogen) atoms. The highest BCUT2D eigenvalue weighted by molar-refractivity contribution is 7.99. The molecule has 3 rings (SSSR count). The van der Waals surface area contributed by atoms with Crippen LogP contribution in [0.2, 0.25) is 0 Å². The summed E-state index contributed by atoms with van der Waals surface area (Å²) >= 11 is 1.18. The van der Waals surface area contributed by atoms with Crippen molar-refractivity contribution in [3.63, 3.8) is 0 Å². The number of aromatic nitrogens is 2. The number of fused-ring (bicyclic) bond motifs is 1. The molecule has 0 N–H and O–H groups in total. The normalized spacial score (nSPS) is 10.8. The van der Waals surface area contributed by atoms with Gasteiger partial charge < -0.3 is 9.47 Å². The van der Waals surface area contributed by atoms with Gasteiger partial charge in [0, 0.05) is 12.7 Å². The van der Waals surface area contributed by atoms with Crippen molar-refractivity contribution in [3.05, 3.63) is 70.0 Å². The Morgan fingerprint density at radius 3 is 2.52 bits per heavy atom. The van der Waals surface area contributed by atoms with Crippen molar-refractivity contribution in [3.8, 4) is 0 Å². The van der Waals surface area contributed by atoms with Gasteiger partial charge in [-0.2, -0.15) is 0 Å². The van der Waals surface area contributed by atoms with Gasteiger partial charge in [-0.25, -0.2) is 9.78 Å². The van der Waals surface area contributed by atoms with Crippen LogP contribution in [0.15, 0.2) is 58.5 Å². The molecule has 7 nitrogen and oxygen atoms in total. The van der Waals surface area contributed by atoms with Gasteiger partial charge in [-0.05, 0) is 18.2 Å². The van der Waals surface area contributed by atoms with Gasteiger partial charge in [-0.15, -0.1) is 0 Å². The van der Waals surface area contributed by atoms with E-state index in [0.717, 1.165) is 0 Å². The lowest BCUT2D eigenvalue weighted by Gasteiger charge is -2.13. The second-order valence-corrected chi connectivity index (χ2v) is 7.09. The molecule has 0 unspecified atom stereocenters. The monoisotopic (exact) mass is 412 g/mol. The van der Waals surface area contributed by atoms with E-state index in [1.165, 1.54) is 35.6 Å². The van der Waals surface area contributed by atoms with Crippen LogP contribution in [-0.4, -0.2) is 47.9 Å². The highest BCUT2D eigenvalue weighted by Crippen LogP contribution is 2.20.